The number of ether oxygens (including phenoxy) is 2. The maximum absolute atomic E-state index is 5.62. The predicted molar refractivity (Wildman–Crippen MR) is 86.3 cm³/mol. The molecule has 4 nitrogen and oxygen atoms in total. The van der Waals surface area contributed by atoms with Crippen LogP contribution in [0.15, 0.2) is 18.2 Å². The zero-order valence-corrected chi connectivity index (χ0v) is 13.5. The third-order valence-electron chi connectivity index (χ3n) is 4.22. The van der Waals surface area contributed by atoms with Gasteiger partial charge in [0.25, 0.3) is 0 Å². The fraction of sp³-hybridized carbons (Fsp3) is 0.647. The van der Waals surface area contributed by atoms with Crippen LogP contribution in [0.5, 0.6) is 11.5 Å². The highest BCUT2D eigenvalue weighted by Crippen LogP contribution is 2.35. The van der Waals surface area contributed by atoms with Gasteiger partial charge in [0.05, 0.1) is 14.2 Å². The molecule has 1 saturated heterocycles. The standard InChI is InChI=1S/C17H28N2O2/c1-4-5-6-16(19-11-9-18-10-12-19)15-8-7-14(20-2)13-17(15)21-3/h7-8,13,16,18H,4-6,9-12H2,1-3H3/t16-/m1/s1. The van der Waals surface area contributed by atoms with E-state index in [4.69, 9.17) is 9.47 Å². The minimum Gasteiger partial charge on any atom is -0.497 e. The zero-order chi connectivity index (χ0) is 15.1. The summed E-state index contributed by atoms with van der Waals surface area (Å²) < 4.78 is 10.9. The van der Waals surface area contributed by atoms with E-state index in [1.54, 1.807) is 14.2 Å². The second-order valence-corrected chi connectivity index (χ2v) is 5.55. The van der Waals surface area contributed by atoms with Crippen LogP contribution in [0.3, 0.4) is 0 Å². The molecule has 0 aromatic heterocycles. The number of hydrogen-bond donors (Lipinski definition) is 1. The molecular formula is C17H28N2O2. The lowest BCUT2D eigenvalue weighted by Gasteiger charge is -2.36. The summed E-state index contributed by atoms with van der Waals surface area (Å²) in [5, 5.41) is 3.43. The number of nitrogens with one attached hydrogen (secondary N) is 1. The Bertz CT molecular complexity index is 431. The molecule has 1 fully saturated rings. The van der Waals surface area contributed by atoms with Crippen molar-refractivity contribution in [3.63, 3.8) is 0 Å². The first kappa shape index (κ1) is 16.1. The zero-order valence-electron chi connectivity index (χ0n) is 13.5. The van der Waals surface area contributed by atoms with Crippen LogP contribution in [0.4, 0.5) is 0 Å². The monoisotopic (exact) mass is 292 g/mol. The number of benzene rings is 1. The average molecular weight is 292 g/mol. The van der Waals surface area contributed by atoms with Crippen LogP contribution in [0.1, 0.15) is 37.8 Å². The number of nitrogens with zero attached hydrogens (tertiary/aromatic N) is 1. The van der Waals surface area contributed by atoms with Gasteiger partial charge in [-0.3, -0.25) is 4.90 Å². The molecule has 1 atom stereocenters. The van der Waals surface area contributed by atoms with Crippen LogP contribution in [0, 0.1) is 0 Å². The number of rotatable bonds is 7. The van der Waals surface area contributed by atoms with Crippen LogP contribution >= 0.6 is 0 Å². The van der Waals surface area contributed by atoms with E-state index in [0.29, 0.717) is 6.04 Å². The molecule has 1 N–H and O–H groups in total. The van der Waals surface area contributed by atoms with Crippen LogP contribution in [0.2, 0.25) is 0 Å². The van der Waals surface area contributed by atoms with E-state index in [9.17, 15) is 0 Å². The van der Waals surface area contributed by atoms with Crippen molar-refractivity contribution in [1.29, 1.82) is 0 Å². The Kier molecular flexibility index (Phi) is 6.33. The molecule has 1 aromatic carbocycles. The van der Waals surface area contributed by atoms with Crippen molar-refractivity contribution >= 4 is 0 Å². The molecule has 4 heteroatoms. The molecule has 118 valence electrons. The predicted octanol–water partition coefficient (Wildman–Crippen LogP) is 2.84. The highest BCUT2D eigenvalue weighted by molar-refractivity contribution is 5.42. The summed E-state index contributed by atoms with van der Waals surface area (Å²) in [5.74, 6) is 1.79. The SMILES string of the molecule is CCCC[C@H](c1ccc(OC)cc1OC)N1CCNCC1. The Morgan fingerprint density at radius 3 is 2.57 bits per heavy atom. The molecule has 2 rings (SSSR count). The molecule has 0 unspecified atom stereocenters. The van der Waals surface area contributed by atoms with Crippen molar-refractivity contribution < 1.29 is 9.47 Å². The number of hydrogen-bond acceptors (Lipinski definition) is 4. The second kappa shape index (κ2) is 8.25. The smallest absolute Gasteiger partial charge is 0.127 e. The fourth-order valence-electron chi connectivity index (χ4n) is 3.02. The molecule has 1 aliphatic rings. The fourth-order valence-corrected chi connectivity index (χ4v) is 3.02. The van der Waals surface area contributed by atoms with Gasteiger partial charge in [-0.1, -0.05) is 25.8 Å². The van der Waals surface area contributed by atoms with Crippen LogP contribution in [-0.2, 0) is 0 Å². The molecule has 0 amide bonds. The number of methoxy groups -OCH3 is 2. The summed E-state index contributed by atoms with van der Waals surface area (Å²) in [6.45, 7) is 6.59. The third-order valence-corrected chi connectivity index (χ3v) is 4.22. The van der Waals surface area contributed by atoms with E-state index < -0.39 is 0 Å². The van der Waals surface area contributed by atoms with Crippen molar-refractivity contribution in [2.75, 3.05) is 40.4 Å². The van der Waals surface area contributed by atoms with E-state index >= 15 is 0 Å². The molecule has 1 aliphatic heterocycles. The van der Waals surface area contributed by atoms with Gasteiger partial charge in [0, 0.05) is 43.9 Å². The molecule has 0 radical (unpaired) electrons. The Balaban J connectivity index is 2.25. The lowest BCUT2D eigenvalue weighted by molar-refractivity contribution is 0.160. The van der Waals surface area contributed by atoms with E-state index in [1.165, 1.54) is 24.8 Å². The van der Waals surface area contributed by atoms with Crippen LogP contribution in [-0.4, -0.2) is 45.3 Å². The van der Waals surface area contributed by atoms with Gasteiger partial charge in [-0.05, 0) is 12.5 Å². The highest BCUT2D eigenvalue weighted by Gasteiger charge is 2.24. The van der Waals surface area contributed by atoms with Crippen molar-refractivity contribution in [2.24, 2.45) is 0 Å². The summed E-state index contributed by atoms with van der Waals surface area (Å²) in [7, 11) is 3.44. The number of piperazine rings is 1. The largest absolute Gasteiger partial charge is 0.497 e. The van der Waals surface area contributed by atoms with Gasteiger partial charge < -0.3 is 14.8 Å². The van der Waals surface area contributed by atoms with Crippen molar-refractivity contribution in [3.05, 3.63) is 23.8 Å². The van der Waals surface area contributed by atoms with Gasteiger partial charge in [0.2, 0.25) is 0 Å². The first-order chi connectivity index (χ1) is 10.3. The van der Waals surface area contributed by atoms with Gasteiger partial charge in [-0.25, -0.2) is 0 Å². The van der Waals surface area contributed by atoms with Gasteiger partial charge in [-0.2, -0.15) is 0 Å². The second-order valence-electron chi connectivity index (χ2n) is 5.55. The molecular weight excluding hydrogens is 264 g/mol. The molecule has 1 aromatic rings. The third kappa shape index (κ3) is 4.11. The highest BCUT2D eigenvalue weighted by atomic mass is 16.5. The Morgan fingerprint density at radius 1 is 1.19 bits per heavy atom. The van der Waals surface area contributed by atoms with E-state index in [0.717, 1.165) is 37.7 Å². The summed E-state index contributed by atoms with van der Waals surface area (Å²) in [6, 6.07) is 6.64. The molecule has 0 spiro atoms. The Labute approximate surface area is 128 Å². The van der Waals surface area contributed by atoms with E-state index in [2.05, 4.69) is 23.2 Å². The molecule has 0 aliphatic carbocycles. The summed E-state index contributed by atoms with van der Waals surface area (Å²) in [4.78, 5) is 2.58. The maximum atomic E-state index is 5.62. The maximum Gasteiger partial charge on any atom is 0.127 e. The minimum absolute atomic E-state index is 0.438. The Morgan fingerprint density at radius 2 is 1.95 bits per heavy atom. The van der Waals surface area contributed by atoms with E-state index in [1.807, 2.05) is 12.1 Å². The van der Waals surface area contributed by atoms with Gasteiger partial charge in [0.15, 0.2) is 0 Å². The van der Waals surface area contributed by atoms with E-state index in [-0.39, 0.29) is 0 Å². The molecule has 1 heterocycles. The quantitative estimate of drug-likeness (QED) is 0.838. The minimum atomic E-state index is 0.438. The normalized spacial score (nSPS) is 17.5. The van der Waals surface area contributed by atoms with Crippen LogP contribution in [0.25, 0.3) is 0 Å². The van der Waals surface area contributed by atoms with Gasteiger partial charge in [0.1, 0.15) is 11.5 Å². The van der Waals surface area contributed by atoms with Crippen molar-refractivity contribution in [1.82, 2.24) is 10.2 Å². The molecule has 0 bridgehead atoms. The van der Waals surface area contributed by atoms with Gasteiger partial charge in [-0.15, -0.1) is 0 Å². The first-order valence-electron chi connectivity index (χ1n) is 7.96. The average Bonchev–Trinajstić information content (AvgIpc) is 2.56. The summed E-state index contributed by atoms with van der Waals surface area (Å²) in [5.41, 5.74) is 1.29. The topological polar surface area (TPSA) is 33.7 Å². The van der Waals surface area contributed by atoms with Crippen molar-refractivity contribution in [3.8, 4) is 11.5 Å². The lowest BCUT2D eigenvalue weighted by atomic mass is 9.97. The van der Waals surface area contributed by atoms with Gasteiger partial charge >= 0.3 is 0 Å². The molecule has 0 saturated carbocycles. The van der Waals surface area contributed by atoms with Crippen molar-refractivity contribution in [2.45, 2.75) is 32.2 Å². The summed E-state index contributed by atoms with van der Waals surface area (Å²) >= 11 is 0. The molecule has 21 heavy (non-hydrogen) atoms. The first-order valence-corrected chi connectivity index (χ1v) is 7.96. The number of unbranched alkanes of at least 4 members (excludes halogenated alkanes) is 1. The summed E-state index contributed by atoms with van der Waals surface area (Å²) in [6.07, 6.45) is 3.64. The Hall–Kier alpha value is -1.26. The van der Waals surface area contributed by atoms with Crippen LogP contribution < -0.4 is 14.8 Å². The lowest BCUT2D eigenvalue weighted by Crippen LogP contribution is -2.45.